The Labute approximate surface area is 167 Å². The minimum Gasteiger partial charge on any atom is -0.493 e. The quantitative estimate of drug-likeness (QED) is 0.596. The summed E-state index contributed by atoms with van der Waals surface area (Å²) >= 11 is 0. The molecule has 0 aliphatic heterocycles. The van der Waals surface area contributed by atoms with Gasteiger partial charge in [0.05, 0.1) is 28.4 Å². The van der Waals surface area contributed by atoms with Crippen molar-refractivity contribution in [3.05, 3.63) is 65.8 Å². The van der Waals surface area contributed by atoms with Crippen LogP contribution in [0.5, 0.6) is 23.0 Å². The van der Waals surface area contributed by atoms with Gasteiger partial charge in [0.15, 0.2) is 23.0 Å². The molecule has 3 rings (SSSR count). The highest BCUT2D eigenvalue weighted by Gasteiger charge is 2.22. The lowest BCUT2D eigenvalue weighted by molar-refractivity contribution is 0.354. The molecule has 4 heteroatoms. The van der Waals surface area contributed by atoms with Crippen molar-refractivity contribution in [3.63, 3.8) is 0 Å². The average molecular weight is 380 g/mol. The maximum atomic E-state index is 5.49. The molecule has 2 aromatic carbocycles. The molecule has 1 aliphatic rings. The molecule has 0 amide bonds. The largest absolute Gasteiger partial charge is 0.493 e. The predicted octanol–water partition coefficient (Wildman–Crippen LogP) is 5.48. The molecular formula is C24H28O4. The molecule has 28 heavy (non-hydrogen) atoms. The Balaban J connectivity index is 1.85. The average Bonchev–Trinajstić information content (AvgIpc) is 2.77. The van der Waals surface area contributed by atoms with Gasteiger partial charge in [0.25, 0.3) is 0 Å². The van der Waals surface area contributed by atoms with Gasteiger partial charge >= 0.3 is 0 Å². The SMILES string of the molecule is COc1ccc(/C=C/[C@H]2CCC=C[C@H]2c2ccc(OC)c(OC)c2)cc1OC. The highest BCUT2D eigenvalue weighted by molar-refractivity contribution is 5.56. The van der Waals surface area contributed by atoms with Crippen molar-refractivity contribution in [2.24, 2.45) is 5.92 Å². The zero-order valence-electron chi connectivity index (χ0n) is 17.0. The van der Waals surface area contributed by atoms with Gasteiger partial charge in [-0.1, -0.05) is 36.4 Å². The zero-order valence-corrected chi connectivity index (χ0v) is 17.0. The number of ether oxygens (including phenoxy) is 4. The number of benzene rings is 2. The first kappa shape index (κ1) is 19.9. The summed E-state index contributed by atoms with van der Waals surface area (Å²) in [6.07, 6.45) is 11.2. The monoisotopic (exact) mass is 380 g/mol. The van der Waals surface area contributed by atoms with Crippen LogP contribution in [0, 0.1) is 5.92 Å². The molecule has 4 nitrogen and oxygen atoms in total. The Kier molecular flexibility index (Phi) is 6.64. The van der Waals surface area contributed by atoms with Crippen molar-refractivity contribution in [1.82, 2.24) is 0 Å². The van der Waals surface area contributed by atoms with Crippen LogP contribution in [0.1, 0.15) is 29.9 Å². The second-order valence-corrected chi connectivity index (χ2v) is 6.78. The Morgan fingerprint density at radius 2 is 1.43 bits per heavy atom. The van der Waals surface area contributed by atoms with E-state index in [1.54, 1.807) is 28.4 Å². The number of hydrogen-bond donors (Lipinski definition) is 0. The molecule has 0 heterocycles. The summed E-state index contributed by atoms with van der Waals surface area (Å²) < 4.78 is 21.6. The summed E-state index contributed by atoms with van der Waals surface area (Å²) in [5.41, 5.74) is 2.33. The standard InChI is InChI=1S/C24H28O4/c1-25-21-13-10-17(15-23(21)27-3)9-11-18-7-5-6-8-20(18)19-12-14-22(26-2)24(16-19)28-4/h6,8-16,18,20H,5,7H2,1-4H3/b11-9+/t18-,20-/m1/s1. The van der Waals surface area contributed by atoms with Crippen LogP contribution in [0.25, 0.3) is 6.08 Å². The minimum atomic E-state index is 0.310. The van der Waals surface area contributed by atoms with Crippen LogP contribution in [0.3, 0.4) is 0 Å². The lowest BCUT2D eigenvalue weighted by Crippen LogP contribution is -2.12. The van der Waals surface area contributed by atoms with E-state index in [-0.39, 0.29) is 0 Å². The summed E-state index contributed by atoms with van der Waals surface area (Å²) in [4.78, 5) is 0. The van der Waals surface area contributed by atoms with Gasteiger partial charge in [-0.05, 0) is 54.2 Å². The first-order valence-electron chi connectivity index (χ1n) is 9.49. The third-order valence-electron chi connectivity index (χ3n) is 5.21. The van der Waals surface area contributed by atoms with Crippen molar-refractivity contribution < 1.29 is 18.9 Å². The van der Waals surface area contributed by atoms with Crippen LogP contribution in [0.2, 0.25) is 0 Å². The first-order chi connectivity index (χ1) is 13.7. The fraction of sp³-hybridized carbons (Fsp3) is 0.333. The normalized spacial score (nSPS) is 18.9. The number of allylic oxidation sites excluding steroid dienone is 3. The van der Waals surface area contributed by atoms with E-state index in [0.29, 0.717) is 11.8 Å². The number of rotatable bonds is 7. The second kappa shape index (κ2) is 9.36. The predicted molar refractivity (Wildman–Crippen MR) is 113 cm³/mol. The third kappa shape index (κ3) is 4.33. The van der Waals surface area contributed by atoms with Crippen molar-refractivity contribution in [2.45, 2.75) is 18.8 Å². The molecule has 0 bridgehead atoms. The maximum absolute atomic E-state index is 5.49. The van der Waals surface area contributed by atoms with Gasteiger partial charge in [0.1, 0.15) is 0 Å². The lowest BCUT2D eigenvalue weighted by Gasteiger charge is -2.26. The summed E-state index contributed by atoms with van der Waals surface area (Å²) in [7, 11) is 6.64. The first-order valence-corrected chi connectivity index (χ1v) is 9.49. The van der Waals surface area contributed by atoms with Gasteiger partial charge in [0.2, 0.25) is 0 Å². The molecule has 1 aliphatic carbocycles. The zero-order chi connectivity index (χ0) is 19.9. The van der Waals surface area contributed by atoms with Gasteiger partial charge < -0.3 is 18.9 Å². The molecule has 2 aromatic rings. The molecule has 0 aromatic heterocycles. The molecule has 0 unspecified atom stereocenters. The molecule has 148 valence electrons. The molecule has 0 saturated carbocycles. The van der Waals surface area contributed by atoms with Gasteiger partial charge in [-0.2, -0.15) is 0 Å². The molecule has 0 fully saturated rings. The summed E-state index contributed by atoms with van der Waals surface area (Å²) in [5.74, 6) is 3.72. The maximum Gasteiger partial charge on any atom is 0.161 e. The summed E-state index contributed by atoms with van der Waals surface area (Å²) in [5, 5.41) is 0. The van der Waals surface area contributed by atoms with Crippen LogP contribution in [0.4, 0.5) is 0 Å². The summed E-state index contributed by atoms with van der Waals surface area (Å²) in [6.45, 7) is 0. The third-order valence-corrected chi connectivity index (χ3v) is 5.21. The van der Waals surface area contributed by atoms with Crippen LogP contribution in [-0.2, 0) is 0 Å². The molecular weight excluding hydrogens is 352 g/mol. The van der Waals surface area contributed by atoms with E-state index in [1.165, 1.54) is 5.56 Å². The molecule has 0 radical (unpaired) electrons. The molecule has 2 atom stereocenters. The Bertz CT molecular complexity index is 854. The van der Waals surface area contributed by atoms with Crippen LogP contribution >= 0.6 is 0 Å². The van der Waals surface area contributed by atoms with E-state index in [9.17, 15) is 0 Å². The van der Waals surface area contributed by atoms with E-state index in [1.807, 2.05) is 24.3 Å². The highest BCUT2D eigenvalue weighted by atomic mass is 16.5. The van der Waals surface area contributed by atoms with Gasteiger partial charge in [-0.25, -0.2) is 0 Å². The summed E-state index contributed by atoms with van der Waals surface area (Å²) in [6, 6.07) is 12.2. The van der Waals surface area contributed by atoms with Crippen LogP contribution in [-0.4, -0.2) is 28.4 Å². The number of methoxy groups -OCH3 is 4. The van der Waals surface area contributed by atoms with Crippen molar-refractivity contribution >= 4 is 6.08 Å². The van der Waals surface area contributed by atoms with Crippen molar-refractivity contribution in [2.75, 3.05) is 28.4 Å². The van der Waals surface area contributed by atoms with Gasteiger partial charge in [-0.15, -0.1) is 0 Å². The van der Waals surface area contributed by atoms with Gasteiger partial charge in [0, 0.05) is 5.92 Å². The Morgan fingerprint density at radius 3 is 2.11 bits per heavy atom. The van der Waals surface area contributed by atoms with Crippen molar-refractivity contribution in [3.8, 4) is 23.0 Å². The lowest BCUT2D eigenvalue weighted by atomic mass is 9.79. The van der Waals surface area contributed by atoms with Crippen molar-refractivity contribution in [1.29, 1.82) is 0 Å². The molecule has 0 saturated heterocycles. The Morgan fingerprint density at radius 1 is 0.786 bits per heavy atom. The van der Waals surface area contributed by atoms with E-state index in [2.05, 4.69) is 36.4 Å². The van der Waals surface area contributed by atoms with E-state index < -0.39 is 0 Å². The van der Waals surface area contributed by atoms with E-state index >= 15 is 0 Å². The fourth-order valence-corrected chi connectivity index (χ4v) is 3.68. The highest BCUT2D eigenvalue weighted by Crippen LogP contribution is 2.39. The van der Waals surface area contributed by atoms with E-state index in [0.717, 1.165) is 41.4 Å². The fourth-order valence-electron chi connectivity index (χ4n) is 3.68. The molecule has 0 spiro atoms. The second-order valence-electron chi connectivity index (χ2n) is 6.78. The van der Waals surface area contributed by atoms with Crippen LogP contribution in [0.15, 0.2) is 54.6 Å². The topological polar surface area (TPSA) is 36.9 Å². The van der Waals surface area contributed by atoms with Gasteiger partial charge in [-0.3, -0.25) is 0 Å². The Hall–Kier alpha value is -2.88. The molecule has 0 N–H and O–H groups in total. The minimum absolute atomic E-state index is 0.310. The van der Waals surface area contributed by atoms with E-state index in [4.69, 9.17) is 18.9 Å². The van der Waals surface area contributed by atoms with Crippen LogP contribution < -0.4 is 18.9 Å². The smallest absolute Gasteiger partial charge is 0.161 e. The number of hydrogen-bond acceptors (Lipinski definition) is 4.